The molecule has 0 amide bonds. The smallest absolute Gasteiger partial charge is 0.125 e. The van der Waals surface area contributed by atoms with Crippen molar-refractivity contribution in [3.63, 3.8) is 0 Å². The van der Waals surface area contributed by atoms with Gasteiger partial charge in [-0.2, -0.15) is 0 Å². The highest BCUT2D eigenvalue weighted by atomic mass is 16.5. The van der Waals surface area contributed by atoms with Gasteiger partial charge in [-0.15, -0.1) is 0 Å². The molecule has 274 valence electrons. The summed E-state index contributed by atoms with van der Waals surface area (Å²) >= 11 is 0. The maximum atomic E-state index is 6.41. The van der Waals surface area contributed by atoms with Crippen LogP contribution in [-0.2, 0) is 0 Å². The van der Waals surface area contributed by atoms with E-state index in [1.807, 2.05) is 24.3 Å². The minimum Gasteiger partial charge on any atom is -0.488 e. The SMILES string of the molecule is CC(C)(C)Oc1cc(OC(C)(C)C)cc(N(c2ccccc2)c2ccc(N(c3ccccc3)c3cc(OC(C)(C)C)cc(OC(C)(C)C)c3)cc2)c1. The summed E-state index contributed by atoms with van der Waals surface area (Å²) in [4.78, 5) is 4.46. The summed E-state index contributed by atoms with van der Waals surface area (Å²) in [6.07, 6.45) is 0. The van der Waals surface area contributed by atoms with Crippen LogP contribution in [0.15, 0.2) is 121 Å². The molecule has 0 unspecified atom stereocenters. The van der Waals surface area contributed by atoms with Gasteiger partial charge in [-0.05, 0) is 132 Å². The fraction of sp³-hybridized carbons (Fsp3) is 0.348. The van der Waals surface area contributed by atoms with E-state index in [-0.39, 0.29) is 22.4 Å². The van der Waals surface area contributed by atoms with E-state index in [0.717, 1.165) is 57.1 Å². The van der Waals surface area contributed by atoms with Crippen molar-refractivity contribution >= 4 is 34.1 Å². The Bertz CT molecular complexity index is 1700. The van der Waals surface area contributed by atoms with Crippen LogP contribution >= 0.6 is 0 Å². The number of rotatable bonds is 10. The van der Waals surface area contributed by atoms with Gasteiger partial charge in [-0.1, -0.05) is 36.4 Å². The molecule has 0 aromatic heterocycles. The first-order chi connectivity index (χ1) is 24.2. The molecule has 0 spiro atoms. The highest BCUT2D eigenvalue weighted by molar-refractivity contribution is 5.82. The van der Waals surface area contributed by atoms with E-state index in [2.05, 4.69) is 190 Å². The highest BCUT2D eigenvalue weighted by Gasteiger charge is 2.23. The monoisotopic (exact) mass is 700 g/mol. The molecule has 0 radical (unpaired) electrons. The molecule has 0 saturated carbocycles. The first kappa shape index (κ1) is 38.1. The molecular weight excluding hydrogens is 645 g/mol. The molecule has 0 atom stereocenters. The van der Waals surface area contributed by atoms with Crippen molar-refractivity contribution in [2.45, 2.75) is 105 Å². The molecule has 0 heterocycles. The minimum atomic E-state index is -0.384. The zero-order valence-electron chi connectivity index (χ0n) is 33.1. The van der Waals surface area contributed by atoms with Crippen molar-refractivity contribution in [2.75, 3.05) is 9.80 Å². The van der Waals surface area contributed by atoms with Crippen LogP contribution in [0.4, 0.5) is 34.1 Å². The molecule has 0 aliphatic heterocycles. The highest BCUT2D eigenvalue weighted by Crippen LogP contribution is 2.43. The van der Waals surface area contributed by atoms with Gasteiger partial charge in [0, 0.05) is 59.1 Å². The summed E-state index contributed by atoms with van der Waals surface area (Å²) in [5.41, 5.74) is 4.32. The second-order valence-corrected chi connectivity index (χ2v) is 17.0. The predicted octanol–water partition coefficient (Wildman–Crippen LogP) is 13.3. The lowest BCUT2D eigenvalue weighted by molar-refractivity contribution is 0.120. The molecule has 0 saturated heterocycles. The lowest BCUT2D eigenvalue weighted by atomic mass is 10.1. The Labute approximate surface area is 311 Å². The van der Waals surface area contributed by atoms with Gasteiger partial charge in [-0.25, -0.2) is 0 Å². The van der Waals surface area contributed by atoms with E-state index in [1.165, 1.54) is 0 Å². The molecule has 0 N–H and O–H groups in total. The number of ether oxygens (including phenoxy) is 4. The number of para-hydroxylation sites is 2. The molecule has 0 aliphatic carbocycles. The Kier molecular flexibility index (Phi) is 10.9. The first-order valence-corrected chi connectivity index (χ1v) is 18.1. The number of hydrogen-bond acceptors (Lipinski definition) is 6. The molecule has 52 heavy (non-hydrogen) atoms. The first-order valence-electron chi connectivity index (χ1n) is 18.1. The Morgan fingerprint density at radius 2 is 0.519 bits per heavy atom. The molecule has 0 aliphatic rings. The molecular formula is C46H56N2O4. The van der Waals surface area contributed by atoms with Crippen molar-refractivity contribution in [1.29, 1.82) is 0 Å². The summed E-state index contributed by atoms with van der Waals surface area (Å²) < 4.78 is 25.7. The number of benzene rings is 5. The molecule has 0 bridgehead atoms. The fourth-order valence-corrected chi connectivity index (χ4v) is 5.82. The zero-order valence-corrected chi connectivity index (χ0v) is 33.1. The Morgan fingerprint density at radius 1 is 0.288 bits per heavy atom. The zero-order chi connectivity index (χ0) is 37.9. The Hall–Kier alpha value is -5.10. The van der Waals surface area contributed by atoms with Crippen LogP contribution in [0.5, 0.6) is 23.0 Å². The standard InChI is InChI=1S/C46H56N2O4/c1-43(2,3)49-39-27-37(28-40(31-39)50-44(4,5)6)47(33-19-15-13-16-20-33)35-23-25-36(26-24-35)48(34-21-17-14-18-22-34)38-29-41(51-45(7,8)9)32-42(30-38)52-46(10,11)12/h13-32H,1-12H3. The van der Waals surface area contributed by atoms with Gasteiger partial charge in [0.1, 0.15) is 45.4 Å². The lowest BCUT2D eigenvalue weighted by Gasteiger charge is -2.31. The summed E-state index contributed by atoms with van der Waals surface area (Å²) in [7, 11) is 0. The van der Waals surface area contributed by atoms with E-state index < -0.39 is 0 Å². The molecule has 5 aromatic carbocycles. The summed E-state index contributed by atoms with van der Waals surface area (Å²) in [6, 6.07) is 41.6. The predicted molar refractivity (Wildman–Crippen MR) is 217 cm³/mol. The van der Waals surface area contributed by atoms with Crippen LogP contribution in [0.25, 0.3) is 0 Å². The van der Waals surface area contributed by atoms with Gasteiger partial charge >= 0.3 is 0 Å². The van der Waals surface area contributed by atoms with Crippen LogP contribution in [0.2, 0.25) is 0 Å². The van der Waals surface area contributed by atoms with Crippen LogP contribution < -0.4 is 28.7 Å². The van der Waals surface area contributed by atoms with Crippen molar-refractivity contribution in [3.8, 4) is 23.0 Å². The normalized spacial score (nSPS) is 12.2. The number of hydrogen-bond donors (Lipinski definition) is 0. The van der Waals surface area contributed by atoms with Crippen LogP contribution in [0.3, 0.4) is 0 Å². The van der Waals surface area contributed by atoms with Crippen LogP contribution in [0, 0.1) is 0 Å². The van der Waals surface area contributed by atoms with E-state index >= 15 is 0 Å². The van der Waals surface area contributed by atoms with Crippen molar-refractivity contribution in [1.82, 2.24) is 0 Å². The number of anilines is 6. The second kappa shape index (κ2) is 14.9. The third kappa shape index (κ3) is 10.9. The topological polar surface area (TPSA) is 43.4 Å². The maximum Gasteiger partial charge on any atom is 0.125 e. The van der Waals surface area contributed by atoms with Gasteiger partial charge < -0.3 is 28.7 Å². The van der Waals surface area contributed by atoms with E-state index in [9.17, 15) is 0 Å². The van der Waals surface area contributed by atoms with Crippen molar-refractivity contribution < 1.29 is 18.9 Å². The minimum absolute atomic E-state index is 0.384. The van der Waals surface area contributed by atoms with Crippen LogP contribution in [0.1, 0.15) is 83.1 Å². The van der Waals surface area contributed by atoms with Crippen LogP contribution in [-0.4, -0.2) is 22.4 Å². The van der Waals surface area contributed by atoms with Gasteiger partial charge in [0.05, 0.1) is 11.4 Å². The van der Waals surface area contributed by atoms with Gasteiger partial charge in [-0.3, -0.25) is 0 Å². The summed E-state index contributed by atoms with van der Waals surface area (Å²) in [5.74, 6) is 2.95. The van der Waals surface area contributed by atoms with E-state index in [1.54, 1.807) is 0 Å². The molecule has 6 nitrogen and oxygen atoms in total. The lowest BCUT2D eigenvalue weighted by Crippen LogP contribution is -2.25. The largest absolute Gasteiger partial charge is 0.488 e. The van der Waals surface area contributed by atoms with E-state index in [4.69, 9.17) is 18.9 Å². The summed E-state index contributed by atoms with van der Waals surface area (Å²) in [5, 5.41) is 0. The summed E-state index contributed by atoms with van der Waals surface area (Å²) in [6.45, 7) is 24.7. The molecule has 5 rings (SSSR count). The molecule has 0 fully saturated rings. The fourth-order valence-electron chi connectivity index (χ4n) is 5.82. The van der Waals surface area contributed by atoms with Crippen molar-refractivity contribution in [2.24, 2.45) is 0 Å². The van der Waals surface area contributed by atoms with Crippen molar-refractivity contribution in [3.05, 3.63) is 121 Å². The van der Waals surface area contributed by atoms with Gasteiger partial charge in [0.15, 0.2) is 0 Å². The molecule has 6 heteroatoms. The second-order valence-electron chi connectivity index (χ2n) is 17.0. The third-order valence-electron chi connectivity index (χ3n) is 7.34. The third-order valence-corrected chi connectivity index (χ3v) is 7.34. The average Bonchev–Trinajstić information content (AvgIpc) is 3.00. The quantitative estimate of drug-likeness (QED) is 0.144. The van der Waals surface area contributed by atoms with Gasteiger partial charge in [0.2, 0.25) is 0 Å². The van der Waals surface area contributed by atoms with E-state index in [0.29, 0.717) is 0 Å². The number of nitrogens with zero attached hydrogens (tertiary/aromatic N) is 2. The Morgan fingerprint density at radius 3 is 0.750 bits per heavy atom. The Balaban J connectivity index is 1.65. The molecule has 5 aromatic rings. The average molecular weight is 701 g/mol. The maximum absolute atomic E-state index is 6.41. The van der Waals surface area contributed by atoms with Gasteiger partial charge in [0.25, 0.3) is 0 Å².